The summed E-state index contributed by atoms with van der Waals surface area (Å²) >= 11 is 6.09. The molecular weight excluding hydrogens is 430 g/mol. The van der Waals surface area contributed by atoms with Gasteiger partial charge in [-0.1, -0.05) is 17.7 Å². The van der Waals surface area contributed by atoms with Crippen LogP contribution < -0.4 is 15.0 Å². The van der Waals surface area contributed by atoms with E-state index in [0.29, 0.717) is 57.9 Å². The van der Waals surface area contributed by atoms with Crippen LogP contribution in [0.1, 0.15) is 6.42 Å². The van der Waals surface area contributed by atoms with Gasteiger partial charge < -0.3 is 9.47 Å². The lowest BCUT2D eigenvalue weighted by atomic mass is 10.2. The van der Waals surface area contributed by atoms with Crippen LogP contribution in [0.15, 0.2) is 65.7 Å². The zero-order chi connectivity index (χ0) is 21.7. The van der Waals surface area contributed by atoms with Crippen molar-refractivity contribution < 1.29 is 9.47 Å². The third-order valence-electron chi connectivity index (χ3n) is 5.33. The van der Waals surface area contributed by atoms with Gasteiger partial charge in [-0.3, -0.25) is 9.36 Å². The number of hydrogen-bond donors (Lipinski definition) is 0. The zero-order valence-corrected chi connectivity index (χ0v) is 17.5. The van der Waals surface area contributed by atoms with E-state index in [2.05, 4.69) is 15.1 Å². The molecule has 0 aliphatic carbocycles. The number of rotatable bonds is 2. The molecule has 8 nitrogen and oxygen atoms in total. The monoisotopic (exact) mass is 445 g/mol. The number of benzene rings is 2. The number of fused-ring (bicyclic) bond motifs is 4. The van der Waals surface area contributed by atoms with Crippen molar-refractivity contribution in [3.05, 3.63) is 76.3 Å². The SMILES string of the molecule is O=c1c2cnc3nc(-c4ccc5c(c4)OCCCO5)nn3c2ccn1-c1cccc(Cl)c1. The first-order chi connectivity index (χ1) is 15.7. The van der Waals surface area contributed by atoms with E-state index in [1.165, 1.54) is 10.8 Å². The predicted octanol–water partition coefficient (Wildman–Crippen LogP) is 3.91. The first-order valence-electron chi connectivity index (χ1n) is 10.1. The summed E-state index contributed by atoms with van der Waals surface area (Å²) in [4.78, 5) is 22.1. The van der Waals surface area contributed by atoms with Gasteiger partial charge in [-0.05, 0) is 42.5 Å². The van der Waals surface area contributed by atoms with Crippen molar-refractivity contribution in [1.29, 1.82) is 0 Å². The average Bonchev–Trinajstić information content (AvgIpc) is 3.11. The van der Waals surface area contributed by atoms with Crippen molar-refractivity contribution >= 4 is 28.3 Å². The molecular formula is C23H16ClN5O3. The van der Waals surface area contributed by atoms with Crippen LogP contribution in [0.5, 0.6) is 11.5 Å². The number of hydrogen-bond acceptors (Lipinski definition) is 6. The van der Waals surface area contributed by atoms with E-state index >= 15 is 0 Å². The molecule has 32 heavy (non-hydrogen) atoms. The van der Waals surface area contributed by atoms with Crippen molar-refractivity contribution in [2.45, 2.75) is 6.42 Å². The van der Waals surface area contributed by atoms with Gasteiger partial charge in [0.25, 0.3) is 11.3 Å². The van der Waals surface area contributed by atoms with E-state index in [9.17, 15) is 4.79 Å². The van der Waals surface area contributed by atoms with Gasteiger partial charge in [0.1, 0.15) is 0 Å². The van der Waals surface area contributed by atoms with Crippen molar-refractivity contribution in [2.24, 2.45) is 0 Å². The Kier molecular flexibility index (Phi) is 4.32. The number of aromatic nitrogens is 5. The lowest BCUT2D eigenvalue weighted by Gasteiger charge is -2.08. The highest BCUT2D eigenvalue weighted by Gasteiger charge is 2.16. The van der Waals surface area contributed by atoms with E-state index in [1.54, 1.807) is 28.9 Å². The zero-order valence-electron chi connectivity index (χ0n) is 16.7. The van der Waals surface area contributed by atoms with E-state index in [1.807, 2.05) is 30.3 Å². The smallest absolute Gasteiger partial charge is 0.266 e. The number of pyridine rings is 1. The number of halogens is 1. The van der Waals surface area contributed by atoms with Crippen LogP contribution >= 0.6 is 11.6 Å². The molecule has 0 saturated carbocycles. The Labute approximate surface area is 186 Å². The summed E-state index contributed by atoms with van der Waals surface area (Å²) < 4.78 is 14.6. The third-order valence-corrected chi connectivity index (χ3v) is 5.56. The van der Waals surface area contributed by atoms with E-state index in [4.69, 9.17) is 21.1 Å². The predicted molar refractivity (Wildman–Crippen MR) is 120 cm³/mol. The fourth-order valence-electron chi connectivity index (χ4n) is 3.77. The van der Waals surface area contributed by atoms with Crippen LogP contribution in [0.3, 0.4) is 0 Å². The first-order valence-corrected chi connectivity index (χ1v) is 10.5. The molecule has 158 valence electrons. The fraction of sp³-hybridized carbons (Fsp3) is 0.130. The molecule has 4 heterocycles. The first kappa shape index (κ1) is 18.8. The highest BCUT2D eigenvalue weighted by Crippen LogP contribution is 2.33. The maximum atomic E-state index is 13.1. The molecule has 0 unspecified atom stereocenters. The quantitative estimate of drug-likeness (QED) is 0.409. The van der Waals surface area contributed by atoms with Crippen LogP contribution in [0.25, 0.3) is 33.8 Å². The Balaban J connectivity index is 1.48. The standard InChI is InChI=1S/C23H16ClN5O3/c24-15-3-1-4-16(12-15)28-8-7-18-17(22(28)30)13-25-23-26-21(27-29(18)23)14-5-6-19-20(11-14)32-10-2-9-31-19/h1,3-8,11-13H,2,9-10H2. The normalized spacial score (nSPS) is 13.4. The molecule has 1 aliphatic rings. The molecule has 0 radical (unpaired) electrons. The molecule has 0 bridgehead atoms. The maximum Gasteiger partial charge on any atom is 0.266 e. The van der Waals surface area contributed by atoms with Gasteiger partial charge in [0.15, 0.2) is 17.3 Å². The minimum atomic E-state index is -0.216. The van der Waals surface area contributed by atoms with E-state index in [0.717, 1.165) is 12.0 Å². The topological polar surface area (TPSA) is 83.5 Å². The summed E-state index contributed by atoms with van der Waals surface area (Å²) in [5.74, 6) is 2.26. The second kappa shape index (κ2) is 7.35. The maximum absolute atomic E-state index is 13.1. The summed E-state index contributed by atoms with van der Waals surface area (Å²) in [5.41, 5.74) is 1.86. The molecule has 3 aromatic heterocycles. The Hall–Kier alpha value is -3.91. The van der Waals surface area contributed by atoms with Gasteiger partial charge in [0.2, 0.25) is 0 Å². The summed E-state index contributed by atoms with van der Waals surface area (Å²) in [5, 5.41) is 5.60. The van der Waals surface area contributed by atoms with Crippen LogP contribution in [0, 0.1) is 0 Å². The molecule has 9 heteroatoms. The van der Waals surface area contributed by atoms with Gasteiger partial charge in [-0.2, -0.15) is 9.50 Å². The molecule has 0 N–H and O–H groups in total. The minimum absolute atomic E-state index is 0.216. The Morgan fingerprint density at radius 3 is 2.75 bits per heavy atom. The van der Waals surface area contributed by atoms with Crippen molar-refractivity contribution in [1.82, 2.24) is 24.1 Å². The minimum Gasteiger partial charge on any atom is -0.490 e. The molecule has 2 aromatic carbocycles. The number of nitrogens with zero attached hydrogens (tertiary/aromatic N) is 5. The van der Waals surface area contributed by atoms with E-state index in [-0.39, 0.29) is 5.56 Å². The molecule has 0 saturated heterocycles. The molecule has 0 fully saturated rings. The Morgan fingerprint density at radius 1 is 1.00 bits per heavy atom. The van der Waals surface area contributed by atoms with Gasteiger partial charge in [-0.15, -0.1) is 5.10 Å². The fourth-order valence-corrected chi connectivity index (χ4v) is 3.96. The third kappa shape index (κ3) is 3.07. The Bertz CT molecular complexity index is 1560. The van der Waals surface area contributed by atoms with Gasteiger partial charge in [0, 0.05) is 29.4 Å². The number of ether oxygens (including phenoxy) is 2. The summed E-state index contributed by atoms with van der Waals surface area (Å²) in [6.45, 7) is 1.22. The largest absolute Gasteiger partial charge is 0.490 e. The molecule has 1 aliphatic heterocycles. The summed E-state index contributed by atoms with van der Waals surface area (Å²) in [6.07, 6.45) is 4.06. The summed E-state index contributed by atoms with van der Waals surface area (Å²) in [6, 6.07) is 14.5. The second-order valence-electron chi connectivity index (χ2n) is 7.39. The lowest BCUT2D eigenvalue weighted by Crippen LogP contribution is -2.18. The van der Waals surface area contributed by atoms with Gasteiger partial charge in [-0.25, -0.2) is 4.98 Å². The molecule has 5 aromatic rings. The van der Waals surface area contributed by atoms with Crippen LogP contribution in [-0.4, -0.2) is 37.4 Å². The lowest BCUT2D eigenvalue weighted by molar-refractivity contribution is 0.297. The van der Waals surface area contributed by atoms with Gasteiger partial charge in [0.05, 0.1) is 29.8 Å². The second-order valence-corrected chi connectivity index (χ2v) is 7.82. The highest BCUT2D eigenvalue weighted by molar-refractivity contribution is 6.30. The van der Waals surface area contributed by atoms with Crippen molar-refractivity contribution in [3.63, 3.8) is 0 Å². The van der Waals surface area contributed by atoms with Crippen LogP contribution in [0.4, 0.5) is 0 Å². The average molecular weight is 446 g/mol. The van der Waals surface area contributed by atoms with Crippen LogP contribution in [0.2, 0.25) is 5.02 Å². The van der Waals surface area contributed by atoms with Crippen LogP contribution in [-0.2, 0) is 0 Å². The van der Waals surface area contributed by atoms with Crippen molar-refractivity contribution in [3.8, 4) is 28.6 Å². The van der Waals surface area contributed by atoms with Crippen molar-refractivity contribution in [2.75, 3.05) is 13.2 Å². The molecule has 6 rings (SSSR count). The van der Waals surface area contributed by atoms with E-state index < -0.39 is 0 Å². The summed E-state index contributed by atoms with van der Waals surface area (Å²) in [7, 11) is 0. The molecule has 0 atom stereocenters. The van der Waals surface area contributed by atoms with Gasteiger partial charge >= 0.3 is 0 Å². The Morgan fingerprint density at radius 2 is 1.88 bits per heavy atom. The molecule has 0 spiro atoms. The highest BCUT2D eigenvalue weighted by atomic mass is 35.5. The molecule has 0 amide bonds.